The van der Waals surface area contributed by atoms with E-state index in [9.17, 15) is 26.4 Å². The zero-order valence-electron chi connectivity index (χ0n) is 21.2. The van der Waals surface area contributed by atoms with Crippen molar-refractivity contribution in [3.63, 3.8) is 0 Å². The third-order valence-electron chi connectivity index (χ3n) is 6.77. The fraction of sp³-hybridized carbons (Fsp3) is 0.214. The van der Waals surface area contributed by atoms with E-state index in [0.29, 0.717) is 30.4 Å². The summed E-state index contributed by atoms with van der Waals surface area (Å²) in [5, 5.41) is -0.453. The standard InChI is InChI=1S/C28H22BrClF3N3O4S/c29-20-2-1-3-23(15-20)41(38,39)40-22-7-4-18(5-8-22)26-16-34-17-36(26)21-10-12-35(13-11-21)27(37)19-6-9-25(30)24(14-19)28(31,32)33/h1-9,14-17,21H,10-13H2. The van der Waals surface area contributed by atoms with Crippen LogP contribution in [0.3, 0.4) is 0 Å². The molecule has 1 aliphatic heterocycles. The summed E-state index contributed by atoms with van der Waals surface area (Å²) in [6, 6.07) is 16.0. The van der Waals surface area contributed by atoms with Gasteiger partial charge in [0.1, 0.15) is 10.6 Å². The maximum atomic E-state index is 13.2. The number of benzene rings is 3. The number of carbonyl (C=O) groups excluding carboxylic acids is 1. The molecule has 1 fully saturated rings. The molecule has 4 aromatic rings. The SMILES string of the molecule is O=C(c1ccc(Cl)c(C(F)(F)F)c1)N1CCC(n2cncc2-c2ccc(OS(=O)(=O)c3cccc(Br)c3)cc2)CC1. The number of nitrogens with zero attached hydrogens (tertiary/aromatic N) is 3. The molecule has 1 aromatic heterocycles. The Balaban J connectivity index is 1.26. The van der Waals surface area contributed by atoms with Gasteiger partial charge in [-0.1, -0.05) is 33.6 Å². The summed E-state index contributed by atoms with van der Waals surface area (Å²) in [4.78, 5) is 18.8. The highest BCUT2D eigenvalue weighted by Gasteiger charge is 2.34. The number of aromatic nitrogens is 2. The molecule has 2 heterocycles. The van der Waals surface area contributed by atoms with Crippen LogP contribution in [0.1, 0.15) is 34.8 Å². The van der Waals surface area contributed by atoms with Crippen molar-refractivity contribution >= 4 is 43.6 Å². The van der Waals surface area contributed by atoms with Crippen LogP contribution in [0.5, 0.6) is 5.75 Å². The summed E-state index contributed by atoms with van der Waals surface area (Å²) >= 11 is 8.95. The Kier molecular flexibility index (Phi) is 8.18. The first-order valence-electron chi connectivity index (χ1n) is 12.4. The van der Waals surface area contributed by atoms with Crippen LogP contribution >= 0.6 is 27.5 Å². The van der Waals surface area contributed by atoms with E-state index in [-0.39, 0.29) is 22.3 Å². The first-order chi connectivity index (χ1) is 19.4. The van der Waals surface area contributed by atoms with E-state index >= 15 is 0 Å². The summed E-state index contributed by atoms with van der Waals surface area (Å²) in [6.45, 7) is 0.705. The van der Waals surface area contributed by atoms with Gasteiger partial charge in [-0.05, 0) is 73.5 Å². The van der Waals surface area contributed by atoms with Gasteiger partial charge in [0.2, 0.25) is 0 Å². The van der Waals surface area contributed by atoms with Crippen LogP contribution in [0.15, 0.2) is 88.6 Å². The van der Waals surface area contributed by atoms with Crippen molar-refractivity contribution < 1.29 is 30.6 Å². The van der Waals surface area contributed by atoms with E-state index in [1.54, 1.807) is 48.9 Å². The topological polar surface area (TPSA) is 81.5 Å². The van der Waals surface area contributed by atoms with E-state index in [1.165, 1.54) is 23.1 Å². The fourth-order valence-corrected chi connectivity index (χ4v) is 6.46. The lowest BCUT2D eigenvalue weighted by Gasteiger charge is -2.33. The van der Waals surface area contributed by atoms with Gasteiger partial charge in [-0.3, -0.25) is 4.79 Å². The first-order valence-corrected chi connectivity index (χ1v) is 15.0. The molecule has 0 N–H and O–H groups in total. The van der Waals surface area contributed by atoms with E-state index in [1.807, 2.05) is 4.57 Å². The Morgan fingerprint density at radius 3 is 2.39 bits per heavy atom. The molecule has 3 aromatic carbocycles. The van der Waals surface area contributed by atoms with Gasteiger partial charge < -0.3 is 13.7 Å². The maximum absolute atomic E-state index is 13.2. The van der Waals surface area contributed by atoms with Gasteiger partial charge in [0.25, 0.3) is 5.91 Å². The smallest absolute Gasteiger partial charge is 0.379 e. The quantitative estimate of drug-likeness (QED) is 0.203. The lowest BCUT2D eigenvalue weighted by atomic mass is 10.0. The predicted octanol–water partition coefficient (Wildman–Crippen LogP) is 7.23. The first kappa shape index (κ1) is 29.2. The summed E-state index contributed by atoms with van der Waals surface area (Å²) in [7, 11) is -4.01. The zero-order chi connectivity index (χ0) is 29.4. The minimum absolute atomic E-state index is 0.000311. The number of hydrogen-bond donors (Lipinski definition) is 0. The fourth-order valence-electron chi connectivity index (χ4n) is 4.70. The van der Waals surface area contributed by atoms with Crippen molar-refractivity contribution in [3.8, 4) is 17.0 Å². The van der Waals surface area contributed by atoms with E-state index in [0.717, 1.165) is 23.4 Å². The molecule has 214 valence electrons. The third-order valence-corrected chi connectivity index (χ3v) is 8.84. The highest BCUT2D eigenvalue weighted by molar-refractivity contribution is 9.10. The molecule has 7 nitrogen and oxygen atoms in total. The van der Waals surface area contributed by atoms with Crippen molar-refractivity contribution in [1.82, 2.24) is 14.5 Å². The van der Waals surface area contributed by atoms with Crippen LogP contribution in [-0.2, 0) is 16.3 Å². The Labute approximate surface area is 247 Å². The number of imidazole rings is 1. The summed E-state index contributed by atoms with van der Waals surface area (Å²) in [5.41, 5.74) is 0.482. The predicted molar refractivity (Wildman–Crippen MR) is 150 cm³/mol. The van der Waals surface area contributed by atoms with Crippen molar-refractivity contribution in [2.45, 2.75) is 30.0 Å². The molecule has 0 aliphatic carbocycles. The monoisotopic (exact) mass is 667 g/mol. The molecule has 41 heavy (non-hydrogen) atoms. The van der Waals surface area contributed by atoms with Gasteiger partial charge >= 0.3 is 16.3 Å². The normalized spacial score (nSPS) is 14.7. The number of rotatable bonds is 6. The molecule has 0 atom stereocenters. The van der Waals surface area contributed by atoms with Gasteiger partial charge in [-0.25, -0.2) is 4.98 Å². The number of halogens is 5. The van der Waals surface area contributed by atoms with Crippen molar-refractivity contribution in [2.24, 2.45) is 0 Å². The Morgan fingerprint density at radius 2 is 1.73 bits per heavy atom. The minimum atomic E-state index is -4.66. The Bertz CT molecular complexity index is 1690. The van der Waals surface area contributed by atoms with Crippen LogP contribution < -0.4 is 4.18 Å². The number of hydrogen-bond acceptors (Lipinski definition) is 5. The molecule has 1 aliphatic rings. The van der Waals surface area contributed by atoms with Crippen molar-refractivity contribution in [3.05, 3.63) is 99.9 Å². The number of likely N-dealkylation sites (tertiary alicyclic amines) is 1. The third kappa shape index (κ3) is 6.44. The van der Waals surface area contributed by atoms with Crippen LogP contribution in [0.2, 0.25) is 5.02 Å². The number of amides is 1. The number of alkyl halides is 3. The maximum Gasteiger partial charge on any atom is 0.417 e. The second-order valence-electron chi connectivity index (χ2n) is 9.42. The minimum Gasteiger partial charge on any atom is -0.379 e. The van der Waals surface area contributed by atoms with E-state index in [2.05, 4.69) is 20.9 Å². The molecular formula is C28H22BrClF3N3O4S. The lowest BCUT2D eigenvalue weighted by Crippen LogP contribution is -2.39. The second-order valence-corrected chi connectivity index (χ2v) is 12.3. The van der Waals surface area contributed by atoms with Crippen LogP contribution in [0, 0.1) is 0 Å². The van der Waals surface area contributed by atoms with Gasteiger partial charge in [-0.2, -0.15) is 21.6 Å². The largest absolute Gasteiger partial charge is 0.417 e. The van der Waals surface area contributed by atoms with Crippen LogP contribution in [0.4, 0.5) is 13.2 Å². The van der Waals surface area contributed by atoms with E-state index in [4.69, 9.17) is 15.8 Å². The summed E-state index contributed by atoms with van der Waals surface area (Å²) < 4.78 is 72.9. The average molecular weight is 669 g/mol. The molecule has 13 heteroatoms. The molecule has 5 rings (SSSR count). The molecule has 0 unspecified atom stereocenters. The molecule has 1 amide bonds. The van der Waals surface area contributed by atoms with E-state index < -0.39 is 32.8 Å². The molecule has 0 spiro atoms. The molecule has 0 bridgehead atoms. The Hall–Kier alpha value is -3.35. The van der Waals surface area contributed by atoms with Gasteiger partial charge in [0, 0.05) is 34.7 Å². The molecule has 1 saturated heterocycles. The highest BCUT2D eigenvalue weighted by atomic mass is 79.9. The van der Waals surface area contributed by atoms with Crippen molar-refractivity contribution in [1.29, 1.82) is 0 Å². The molecular weight excluding hydrogens is 647 g/mol. The van der Waals surface area contributed by atoms with Gasteiger partial charge in [-0.15, -0.1) is 0 Å². The van der Waals surface area contributed by atoms with Crippen molar-refractivity contribution in [2.75, 3.05) is 13.1 Å². The summed E-state index contributed by atoms with van der Waals surface area (Å²) in [5.74, 6) is -0.327. The Morgan fingerprint density at radius 1 is 1.02 bits per heavy atom. The number of carbonyl (C=O) groups is 1. The van der Waals surface area contributed by atoms with Gasteiger partial charge in [0.05, 0.1) is 28.8 Å². The second kappa shape index (κ2) is 11.5. The van der Waals surface area contributed by atoms with Gasteiger partial charge in [0.15, 0.2) is 0 Å². The van der Waals surface area contributed by atoms with Crippen LogP contribution in [0.25, 0.3) is 11.3 Å². The highest BCUT2D eigenvalue weighted by Crippen LogP contribution is 2.36. The number of piperidine rings is 1. The lowest BCUT2D eigenvalue weighted by molar-refractivity contribution is -0.137. The molecule has 0 saturated carbocycles. The summed E-state index contributed by atoms with van der Waals surface area (Å²) in [6.07, 6.45) is -0.135. The van der Waals surface area contributed by atoms with Crippen LogP contribution in [-0.4, -0.2) is 41.9 Å². The zero-order valence-corrected chi connectivity index (χ0v) is 24.3. The average Bonchev–Trinajstić information content (AvgIpc) is 3.43. The molecule has 0 radical (unpaired) electrons.